The molecule has 2 aliphatic rings. The Hall–Kier alpha value is -0.610. The first-order valence-corrected chi connectivity index (χ1v) is 7.79. The molecule has 2 saturated carbocycles. The second-order valence-electron chi connectivity index (χ2n) is 6.52. The molecule has 0 saturated heterocycles. The molecular weight excluding hydrogens is 240 g/mol. The van der Waals surface area contributed by atoms with E-state index in [-0.39, 0.29) is 29.9 Å². The average molecular weight is 268 g/mol. The Labute approximate surface area is 116 Å². The topological polar surface area (TPSA) is 75.4 Å². The van der Waals surface area contributed by atoms with Gasteiger partial charge in [-0.25, -0.2) is 0 Å². The molecule has 0 aliphatic heterocycles. The van der Waals surface area contributed by atoms with Crippen molar-refractivity contribution in [3.63, 3.8) is 0 Å². The lowest BCUT2D eigenvalue weighted by Gasteiger charge is -2.31. The molecule has 1 amide bonds. The molecule has 4 heteroatoms. The van der Waals surface area contributed by atoms with E-state index in [9.17, 15) is 9.90 Å². The number of nitrogens with one attached hydrogen (secondary N) is 1. The largest absolute Gasteiger partial charge is 0.396 e. The highest BCUT2D eigenvalue weighted by molar-refractivity contribution is 5.78. The molecule has 4 N–H and O–H groups in total. The van der Waals surface area contributed by atoms with E-state index >= 15 is 0 Å². The maximum absolute atomic E-state index is 12.2. The van der Waals surface area contributed by atoms with Gasteiger partial charge in [-0.1, -0.05) is 19.3 Å². The highest BCUT2D eigenvalue weighted by Crippen LogP contribution is 2.40. The highest BCUT2D eigenvalue weighted by atomic mass is 16.3. The maximum atomic E-state index is 12.2. The minimum absolute atomic E-state index is 0.108. The molecule has 0 spiro atoms. The second kappa shape index (κ2) is 6.71. The number of nitrogens with two attached hydrogens (primary N) is 1. The van der Waals surface area contributed by atoms with Crippen molar-refractivity contribution in [2.24, 2.45) is 17.1 Å². The maximum Gasteiger partial charge on any atom is 0.223 e. The fraction of sp³-hybridized carbons (Fsp3) is 0.933. The molecule has 4 nitrogen and oxygen atoms in total. The van der Waals surface area contributed by atoms with Gasteiger partial charge in [0.2, 0.25) is 5.91 Å². The van der Waals surface area contributed by atoms with Gasteiger partial charge < -0.3 is 16.2 Å². The lowest BCUT2D eigenvalue weighted by Crippen LogP contribution is -2.42. The Balaban J connectivity index is 1.81. The van der Waals surface area contributed by atoms with Crippen LogP contribution < -0.4 is 11.1 Å². The molecule has 0 aromatic rings. The predicted octanol–water partition coefficient (Wildman–Crippen LogP) is 1.56. The van der Waals surface area contributed by atoms with Gasteiger partial charge in [0.15, 0.2) is 0 Å². The lowest BCUT2D eigenvalue weighted by molar-refractivity contribution is -0.126. The standard InChI is InChI=1S/C15H28N2O2/c16-13-5-3-4-12(10-13)14(19)17-11-15(8-9-18)6-1-2-7-15/h12-13,18H,1-11,16H2,(H,17,19). The van der Waals surface area contributed by atoms with Gasteiger partial charge in [-0.3, -0.25) is 4.79 Å². The Bertz CT molecular complexity index is 301. The fourth-order valence-corrected chi connectivity index (χ4v) is 3.76. The minimum Gasteiger partial charge on any atom is -0.396 e. The van der Waals surface area contributed by atoms with Crippen LogP contribution in [0.3, 0.4) is 0 Å². The zero-order chi connectivity index (χ0) is 13.7. The molecule has 2 aliphatic carbocycles. The third-order valence-corrected chi connectivity index (χ3v) is 5.03. The van der Waals surface area contributed by atoms with Crippen LogP contribution >= 0.6 is 0 Å². The summed E-state index contributed by atoms with van der Waals surface area (Å²) < 4.78 is 0. The van der Waals surface area contributed by atoms with Crippen LogP contribution in [0, 0.1) is 11.3 Å². The molecule has 110 valence electrons. The van der Waals surface area contributed by atoms with Crippen LogP contribution in [0.15, 0.2) is 0 Å². The van der Waals surface area contributed by atoms with E-state index < -0.39 is 0 Å². The zero-order valence-corrected chi connectivity index (χ0v) is 11.9. The van der Waals surface area contributed by atoms with Gasteiger partial charge in [-0.2, -0.15) is 0 Å². The minimum atomic E-state index is 0.108. The number of aliphatic hydroxyl groups is 1. The zero-order valence-electron chi connectivity index (χ0n) is 11.9. The smallest absolute Gasteiger partial charge is 0.223 e. The molecule has 2 fully saturated rings. The lowest BCUT2D eigenvalue weighted by atomic mass is 9.82. The van der Waals surface area contributed by atoms with Crippen molar-refractivity contribution >= 4 is 5.91 Å². The van der Waals surface area contributed by atoms with Crippen LogP contribution in [0.5, 0.6) is 0 Å². The van der Waals surface area contributed by atoms with Crippen LogP contribution in [0.2, 0.25) is 0 Å². The summed E-state index contributed by atoms with van der Waals surface area (Å²) in [5, 5.41) is 12.3. The van der Waals surface area contributed by atoms with Gasteiger partial charge in [-0.05, 0) is 43.9 Å². The van der Waals surface area contributed by atoms with Crippen molar-refractivity contribution in [1.29, 1.82) is 0 Å². The van der Waals surface area contributed by atoms with Gasteiger partial charge in [-0.15, -0.1) is 0 Å². The Morgan fingerprint density at radius 1 is 1.26 bits per heavy atom. The number of carbonyl (C=O) groups excluding carboxylic acids is 1. The van der Waals surface area contributed by atoms with Gasteiger partial charge in [0.1, 0.15) is 0 Å². The van der Waals surface area contributed by atoms with Crippen molar-refractivity contribution in [3.8, 4) is 0 Å². The molecule has 2 atom stereocenters. The summed E-state index contributed by atoms with van der Waals surface area (Å²) in [5.74, 6) is 0.288. The Morgan fingerprint density at radius 3 is 2.63 bits per heavy atom. The molecule has 0 aromatic heterocycles. The van der Waals surface area contributed by atoms with Crippen LogP contribution in [-0.4, -0.2) is 30.2 Å². The summed E-state index contributed by atoms with van der Waals surface area (Å²) in [5.41, 5.74) is 6.10. The van der Waals surface area contributed by atoms with E-state index in [1.165, 1.54) is 12.8 Å². The van der Waals surface area contributed by atoms with Crippen LogP contribution in [-0.2, 0) is 4.79 Å². The third kappa shape index (κ3) is 3.93. The van der Waals surface area contributed by atoms with E-state index in [1.807, 2.05) is 0 Å². The van der Waals surface area contributed by atoms with E-state index in [4.69, 9.17) is 5.73 Å². The summed E-state index contributed by atoms with van der Waals surface area (Å²) in [7, 11) is 0. The van der Waals surface area contributed by atoms with Gasteiger partial charge in [0.05, 0.1) is 0 Å². The molecule has 0 aromatic carbocycles. The number of hydrogen-bond acceptors (Lipinski definition) is 3. The Morgan fingerprint density at radius 2 is 2.00 bits per heavy atom. The van der Waals surface area contributed by atoms with E-state index in [0.29, 0.717) is 0 Å². The predicted molar refractivity (Wildman–Crippen MR) is 75.5 cm³/mol. The number of amides is 1. The molecule has 2 unspecified atom stereocenters. The molecule has 2 rings (SSSR count). The first kappa shape index (κ1) is 14.8. The first-order chi connectivity index (χ1) is 9.15. The van der Waals surface area contributed by atoms with Crippen LogP contribution in [0.25, 0.3) is 0 Å². The van der Waals surface area contributed by atoms with Crippen LogP contribution in [0.4, 0.5) is 0 Å². The Kier molecular flexibility index (Phi) is 5.22. The second-order valence-corrected chi connectivity index (χ2v) is 6.52. The van der Waals surface area contributed by atoms with Crippen molar-refractivity contribution in [2.75, 3.05) is 13.2 Å². The molecule has 0 heterocycles. The fourth-order valence-electron chi connectivity index (χ4n) is 3.76. The quantitative estimate of drug-likeness (QED) is 0.708. The highest BCUT2D eigenvalue weighted by Gasteiger charge is 2.34. The third-order valence-electron chi connectivity index (χ3n) is 5.03. The summed E-state index contributed by atoms with van der Waals surface area (Å²) in [6.07, 6.45) is 9.48. The summed E-state index contributed by atoms with van der Waals surface area (Å²) in [6.45, 7) is 0.961. The van der Waals surface area contributed by atoms with Crippen LogP contribution in [0.1, 0.15) is 57.8 Å². The monoisotopic (exact) mass is 268 g/mol. The van der Waals surface area contributed by atoms with Crippen molar-refractivity contribution in [3.05, 3.63) is 0 Å². The van der Waals surface area contributed by atoms with Gasteiger partial charge >= 0.3 is 0 Å². The van der Waals surface area contributed by atoms with E-state index in [2.05, 4.69) is 5.32 Å². The van der Waals surface area contributed by atoms with Crippen molar-refractivity contribution in [2.45, 2.75) is 63.8 Å². The summed E-state index contributed by atoms with van der Waals surface area (Å²) in [6, 6.07) is 0.197. The number of carbonyl (C=O) groups is 1. The van der Waals surface area contributed by atoms with E-state index in [0.717, 1.165) is 51.5 Å². The number of hydrogen-bond donors (Lipinski definition) is 3. The number of rotatable bonds is 5. The van der Waals surface area contributed by atoms with Gasteiger partial charge in [0, 0.05) is 25.1 Å². The first-order valence-electron chi connectivity index (χ1n) is 7.79. The van der Waals surface area contributed by atoms with E-state index in [1.54, 1.807) is 0 Å². The molecule has 0 bridgehead atoms. The SMILES string of the molecule is NC1CCCC(C(=O)NCC2(CCO)CCCC2)C1. The molecule has 0 radical (unpaired) electrons. The molecule has 19 heavy (non-hydrogen) atoms. The number of aliphatic hydroxyl groups excluding tert-OH is 1. The normalized spacial score (nSPS) is 30.2. The van der Waals surface area contributed by atoms with Crippen molar-refractivity contribution < 1.29 is 9.90 Å². The molecular formula is C15H28N2O2. The van der Waals surface area contributed by atoms with Crippen molar-refractivity contribution in [1.82, 2.24) is 5.32 Å². The summed E-state index contributed by atoms with van der Waals surface area (Å²) >= 11 is 0. The van der Waals surface area contributed by atoms with Gasteiger partial charge in [0.25, 0.3) is 0 Å². The average Bonchev–Trinajstić information content (AvgIpc) is 2.85. The summed E-state index contributed by atoms with van der Waals surface area (Å²) in [4.78, 5) is 12.2.